The van der Waals surface area contributed by atoms with Gasteiger partial charge in [0.15, 0.2) is 5.13 Å². The molecule has 0 spiro atoms. The first kappa shape index (κ1) is 23.1. The van der Waals surface area contributed by atoms with E-state index in [9.17, 15) is 18.8 Å². The molecule has 1 atom stereocenters. The van der Waals surface area contributed by atoms with Gasteiger partial charge in [0.1, 0.15) is 22.4 Å². The molecule has 1 aliphatic rings. The van der Waals surface area contributed by atoms with Crippen LogP contribution in [0.4, 0.5) is 15.2 Å². The predicted octanol–water partition coefficient (Wildman–Crippen LogP) is 3.18. The quantitative estimate of drug-likeness (QED) is 0.499. The third-order valence-corrected chi connectivity index (χ3v) is 5.90. The minimum atomic E-state index is -0.905. The highest BCUT2D eigenvalue weighted by Crippen LogP contribution is 2.32. The molecule has 9 nitrogen and oxygen atoms in total. The summed E-state index contributed by atoms with van der Waals surface area (Å²) in [5.74, 6) is -2.27. The smallest absolute Gasteiger partial charge is 0.350 e. The minimum Gasteiger partial charge on any atom is -0.462 e. The molecule has 2 heterocycles. The normalized spacial score (nSPS) is 15.1. The second-order valence-electron chi connectivity index (χ2n) is 7.23. The lowest BCUT2D eigenvalue weighted by atomic mass is 10.1. The SMILES string of the molecule is CCOC(=O)c1sc(NC(=O)C2=NN(c3ccc(F)cc3)C(C(N)=O)C2)nc1-c1ccccc1. The number of nitrogens with zero attached hydrogens (tertiary/aromatic N) is 3. The average molecular weight is 482 g/mol. The van der Waals surface area contributed by atoms with Crippen molar-refractivity contribution in [3.05, 3.63) is 65.3 Å². The highest BCUT2D eigenvalue weighted by atomic mass is 32.1. The number of hydrogen-bond donors (Lipinski definition) is 2. The summed E-state index contributed by atoms with van der Waals surface area (Å²) in [7, 11) is 0. The summed E-state index contributed by atoms with van der Waals surface area (Å²) in [5, 5.41) is 8.34. The number of benzene rings is 2. The van der Waals surface area contributed by atoms with Crippen LogP contribution in [0.15, 0.2) is 59.7 Å². The third-order valence-electron chi connectivity index (χ3n) is 4.95. The van der Waals surface area contributed by atoms with Crippen LogP contribution in [0.2, 0.25) is 0 Å². The molecule has 0 saturated heterocycles. The molecule has 2 amide bonds. The molecule has 34 heavy (non-hydrogen) atoms. The van der Waals surface area contributed by atoms with E-state index in [4.69, 9.17) is 10.5 Å². The van der Waals surface area contributed by atoms with Crippen molar-refractivity contribution in [1.82, 2.24) is 4.98 Å². The summed E-state index contributed by atoms with van der Waals surface area (Å²) < 4.78 is 18.4. The molecule has 1 unspecified atom stereocenters. The number of nitrogens with two attached hydrogens (primary N) is 1. The number of ether oxygens (including phenoxy) is 1. The highest BCUT2D eigenvalue weighted by Gasteiger charge is 2.35. The van der Waals surface area contributed by atoms with Crippen molar-refractivity contribution in [2.75, 3.05) is 16.9 Å². The maximum absolute atomic E-state index is 13.3. The number of primary amides is 1. The monoisotopic (exact) mass is 481 g/mol. The maximum atomic E-state index is 13.3. The molecular weight excluding hydrogens is 461 g/mol. The fourth-order valence-corrected chi connectivity index (χ4v) is 4.25. The van der Waals surface area contributed by atoms with Crippen LogP contribution in [-0.4, -0.2) is 41.1 Å². The zero-order valence-corrected chi connectivity index (χ0v) is 18.8. The standard InChI is InChI=1S/C23H20FN5O4S/c1-2-33-22(32)19-18(13-6-4-3-5-7-13)26-23(34-19)27-21(31)16-12-17(20(25)30)29(28-16)15-10-8-14(24)9-11-15/h3-11,17H,2,12H2,1H3,(H2,25,30)(H,26,27,31). The molecule has 1 aromatic heterocycles. The molecule has 1 aliphatic heterocycles. The van der Waals surface area contributed by atoms with Crippen LogP contribution in [-0.2, 0) is 14.3 Å². The first-order valence-corrected chi connectivity index (χ1v) is 11.1. The summed E-state index contributed by atoms with van der Waals surface area (Å²) >= 11 is 0.976. The number of anilines is 2. The van der Waals surface area contributed by atoms with Gasteiger partial charge in [-0.25, -0.2) is 14.2 Å². The topological polar surface area (TPSA) is 127 Å². The number of esters is 1. The van der Waals surface area contributed by atoms with Gasteiger partial charge in [-0.3, -0.25) is 19.9 Å². The van der Waals surface area contributed by atoms with E-state index in [1.165, 1.54) is 29.3 Å². The Labute approximate surface area is 198 Å². The Morgan fingerprint density at radius 3 is 2.53 bits per heavy atom. The fourth-order valence-electron chi connectivity index (χ4n) is 3.37. The Kier molecular flexibility index (Phi) is 6.64. The van der Waals surface area contributed by atoms with Crippen LogP contribution in [0.1, 0.15) is 23.0 Å². The molecule has 174 valence electrons. The number of rotatable bonds is 7. The van der Waals surface area contributed by atoms with E-state index in [0.717, 1.165) is 11.3 Å². The Morgan fingerprint density at radius 1 is 1.18 bits per heavy atom. The van der Waals surface area contributed by atoms with E-state index in [0.29, 0.717) is 16.9 Å². The lowest BCUT2D eigenvalue weighted by Crippen LogP contribution is -2.39. The van der Waals surface area contributed by atoms with Crippen molar-refractivity contribution < 1.29 is 23.5 Å². The zero-order chi connectivity index (χ0) is 24.2. The Balaban J connectivity index is 1.60. The number of amides is 2. The lowest BCUT2D eigenvalue weighted by molar-refractivity contribution is -0.119. The van der Waals surface area contributed by atoms with Crippen molar-refractivity contribution in [1.29, 1.82) is 0 Å². The van der Waals surface area contributed by atoms with E-state index in [2.05, 4.69) is 15.4 Å². The number of carbonyl (C=O) groups excluding carboxylic acids is 3. The van der Waals surface area contributed by atoms with Gasteiger partial charge in [-0.1, -0.05) is 41.7 Å². The van der Waals surface area contributed by atoms with Gasteiger partial charge in [0.25, 0.3) is 5.91 Å². The van der Waals surface area contributed by atoms with Crippen LogP contribution in [0, 0.1) is 5.82 Å². The second-order valence-corrected chi connectivity index (χ2v) is 8.23. The fraction of sp³-hybridized carbons (Fsp3) is 0.174. The van der Waals surface area contributed by atoms with Gasteiger partial charge in [0.2, 0.25) is 5.91 Å². The van der Waals surface area contributed by atoms with Crippen LogP contribution in [0.3, 0.4) is 0 Å². The van der Waals surface area contributed by atoms with Crippen LogP contribution >= 0.6 is 11.3 Å². The average Bonchev–Trinajstić information content (AvgIpc) is 3.46. The molecule has 11 heteroatoms. The molecule has 3 N–H and O–H groups in total. The van der Waals surface area contributed by atoms with E-state index < -0.39 is 29.6 Å². The van der Waals surface area contributed by atoms with Gasteiger partial charge < -0.3 is 10.5 Å². The summed E-state index contributed by atoms with van der Waals surface area (Å²) in [6.07, 6.45) is -0.0415. The summed E-state index contributed by atoms with van der Waals surface area (Å²) in [6, 6.07) is 13.5. The lowest BCUT2D eigenvalue weighted by Gasteiger charge is -2.20. The molecule has 0 saturated carbocycles. The van der Waals surface area contributed by atoms with E-state index >= 15 is 0 Å². The van der Waals surface area contributed by atoms with Crippen molar-refractivity contribution in [3.63, 3.8) is 0 Å². The van der Waals surface area contributed by atoms with Crippen molar-refractivity contribution in [2.45, 2.75) is 19.4 Å². The van der Waals surface area contributed by atoms with Crippen molar-refractivity contribution in [3.8, 4) is 11.3 Å². The zero-order valence-electron chi connectivity index (χ0n) is 18.0. The van der Waals surface area contributed by atoms with Gasteiger partial charge in [-0.05, 0) is 31.2 Å². The van der Waals surface area contributed by atoms with Gasteiger partial charge in [-0.2, -0.15) is 5.10 Å². The number of carbonyl (C=O) groups is 3. The molecule has 0 radical (unpaired) electrons. The number of nitrogens with one attached hydrogen (secondary N) is 1. The predicted molar refractivity (Wildman–Crippen MR) is 126 cm³/mol. The van der Waals surface area contributed by atoms with Crippen LogP contribution in [0.5, 0.6) is 0 Å². The van der Waals surface area contributed by atoms with E-state index in [1.54, 1.807) is 19.1 Å². The molecule has 2 aromatic carbocycles. The Bertz CT molecular complexity index is 1260. The summed E-state index contributed by atoms with van der Waals surface area (Å²) in [5.41, 5.74) is 7.03. The molecule has 3 aromatic rings. The molecule has 0 fully saturated rings. The van der Waals surface area contributed by atoms with Gasteiger partial charge in [-0.15, -0.1) is 0 Å². The van der Waals surface area contributed by atoms with Crippen molar-refractivity contribution >= 4 is 45.7 Å². The molecular formula is C23H20FN5O4S. The van der Waals surface area contributed by atoms with Crippen LogP contribution < -0.4 is 16.1 Å². The molecule has 0 bridgehead atoms. The minimum absolute atomic E-state index is 0.0415. The van der Waals surface area contributed by atoms with Crippen LogP contribution in [0.25, 0.3) is 11.3 Å². The number of hydrogen-bond acceptors (Lipinski definition) is 8. The summed E-state index contributed by atoms with van der Waals surface area (Å²) in [6.45, 7) is 1.89. The second kappa shape index (κ2) is 9.79. The largest absolute Gasteiger partial charge is 0.462 e. The van der Waals surface area contributed by atoms with Crippen molar-refractivity contribution in [2.24, 2.45) is 10.8 Å². The number of hydrazone groups is 1. The number of thiazole rings is 1. The molecule has 0 aliphatic carbocycles. The van der Waals surface area contributed by atoms with Gasteiger partial charge >= 0.3 is 5.97 Å². The first-order valence-electron chi connectivity index (χ1n) is 10.3. The number of aromatic nitrogens is 1. The Morgan fingerprint density at radius 2 is 1.88 bits per heavy atom. The van der Waals surface area contributed by atoms with E-state index in [1.807, 2.05) is 18.2 Å². The summed E-state index contributed by atoms with van der Waals surface area (Å²) in [4.78, 5) is 42.0. The Hall–Kier alpha value is -4.12. The number of halogens is 1. The molecule has 4 rings (SSSR count). The first-order chi connectivity index (χ1) is 16.4. The van der Waals surface area contributed by atoms with E-state index in [-0.39, 0.29) is 28.7 Å². The van der Waals surface area contributed by atoms with Gasteiger partial charge in [0, 0.05) is 12.0 Å². The third kappa shape index (κ3) is 4.79. The van der Waals surface area contributed by atoms with Gasteiger partial charge in [0.05, 0.1) is 18.0 Å². The maximum Gasteiger partial charge on any atom is 0.350 e. The highest BCUT2D eigenvalue weighted by molar-refractivity contribution is 7.18.